The Morgan fingerprint density at radius 3 is 2.75 bits per heavy atom. The number of hydrogen-bond donors (Lipinski definition) is 1. The number of nitro benzene ring substituents is 1. The van der Waals surface area contributed by atoms with Crippen molar-refractivity contribution in [2.75, 3.05) is 0 Å². The lowest BCUT2D eigenvalue weighted by Gasteiger charge is -2.06. The van der Waals surface area contributed by atoms with Crippen LogP contribution in [0.2, 0.25) is 0 Å². The molecule has 0 saturated heterocycles. The van der Waals surface area contributed by atoms with Gasteiger partial charge in [0, 0.05) is 23.2 Å². The Labute approximate surface area is 118 Å². The van der Waals surface area contributed by atoms with Gasteiger partial charge in [-0.1, -0.05) is 11.8 Å². The Hall–Kier alpha value is -2.41. The van der Waals surface area contributed by atoms with Crippen molar-refractivity contribution in [1.29, 1.82) is 0 Å². The zero-order chi connectivity index (χ0) is 14.7. The summed E-state index contributed by atoms with van der Waals surface area (Å²) in [6.45, 7) is 1.73. The zero-order valence-electron chi connectivity index (χ0n) is 10.4. The summed E-state index contributed by atoms with van der Waals surface area (Å²) >= 11 is 1.18. The lowest BCUT2D eigenvalue weighted by Crippen LogP contribution is -2.00. The van der Waals surface area contributed by atoms with Crippen LogP contribution in [0.5, 0.6) is 0 Å². The number of aromatic nitrogens is 1. The van der Waals surface area contributed by atoms with Crippen LogP contribution in [0, 0.1) is 17.0 Å². The van der Waals surface area contributed by atoms with Crippen molar-refractivity contribution < 1.29 is 14.8 Å². The molecule has 2 aromatic rings. The van der Waals surface area contributed by atoms with Gasteiger partial charge in [-0.15, -0.1) is 0 Å². The molecule has 0 aliphatic carbocycles. The van der Waals surface area contributed by atoms with Gasteiger partial charge in [0.25, 0.3) is 5.69 Å². The van der Waals surface area contributed by atoms with Crippen molar-refractivity contribution in [1.82, 2.24) is 4.98 Å². The van der Waals surface area contributed by atoms with E-state index in [4.69, 9.17) is 5.11 Å². The van der Waals surface area contributed by atoms with Crippen LogP contribution >= 0.6 is 11.8 Å². The second-order valence-corrected chi connectivity index (χ2v) is 5.00. The van der Waals surface area contributed by atoms with Crippen LogP contribution in [0.25, 0.3) is 0 Å². The van der Waals surface area contributed by atoms with E-state index >= 15 is 0 Å². The van der Waals surface area contributed by atoms with Crippen LogP contribution in [0.4, 0.5) is 5.69 Å². The fraction of sp³-hybridized carbons (Fsp3) is 0.0769. The average molecular weight is 290 g/mol. The van der Waals surface area contributed by atoms with E-state index in [1.165, 1.54) is 36.2 Å². The van der Waals surface area contributed by atoms with E-state index in [0.29, 0.717) is 10.6 Å². The number of rotatable bonds is 4. The van der Waals surface area contributed by atoms with Crippen LogP contribution in [0.1, 0.15) is 15.9 Å². The molecule has 0 saturated carbocycles. The van der Waals surface area contributed by atoms with E-state index in [-0.39, 0.29) is 11.3 Å². The SMILES string of the molecule is Cc1cc([N+](=O)[O-])ccc1Sc1ncccc1C(=O)O. The average Bonchev–Trinajstić information content (AvgIpc) is 2.41. The summed E-state index contributed by atoms with van der Waals surface area (Å²) in [6, 6.07) is 7.46. The normalized spacial score (nSPS) is 10.2. The predicted octanol–water partition coefficient (Wildman–Crippen LogP) is 3.15. The van der Waals surface area contributed by atoms with Crippen molar-refractivity contribution >= 4 is 23.4 Å². The molecule has 0 unspecified atom stereocenters. The summed E-state index contributed by atoms with van der Waals surface area (Å²) in [5.41, 5.74) is 0.813. The van der Waals surface area contributed by atoms with E-state index < -0.39 is 10.9 Å². The Morgan fingerprint density at radius 1 is 1.40 bits per heavy atom. The number of hydrogen-bond acceptors (Lipinski definition) is 5. The van der Waals surface area contributed by atoms with Crippen molar-refractivity contribution in [2.45, 2.75) is 16.8 Å². The van der Waals surface area contributed by atoms with Gasteiger partial charge in [0.2, 0.25) is 0 Å². The maximum absolute atomic E-state index is 11.1. The van der Waals surface area contributed by atoms with Crippen LogP contribution in [0.15, 0.2) is 46.5 Å². The van der Waals surface area contributed by atoms with Crippen molar-refractivity contribution in [2.24, 2.45) is 0 Å². The molecule has 0 bridgehead atoms. The quantitative estimate of drug-likeness (QED) is 0.686. The molecule has 2 rings (SSSR count). The van der Waals surface area contributed by atoms with Crippen molar-refractivity contribution in [3.05, 3.63) is 57.8 Å². The zero-order valence-corrected chi connectivity index (χ0v) is 11.3. The molecule has 0 atom stereocenters. The lowest BCUT2D eigenvalue weighted by molar-refractivity contribution is -0.385. The first-order valence-corrected chi connectivity index (χ1v) is 6.42. The topological polar surface area (TPSA) is 93.3 Å². The molecule has 0 fully saturated rings. The summed E-state index contributed by atoms with van der Waals surface area (Å²) < 4.78 is 0. The molecule has 102 valence electrons. The third-order valence-corrected chi connectivity index (χ3v) is 3.77. The van der Waals surface area contributed by atoms with Gasteiger partial charge in [-0.2, -0.15) is 0 Å². The number of aromatic carboxylic acids is 1. The lowest BCUT2D eigenvalue weighted by atomic mass is 10.2. The van der Waals surface area contributed by atoms with Gasteiger partial charge in [0.15, 0.2) is 0 Å². The molecule has 0 radical (unpaired) electrons. The van der Waals surface area contributed by atoms with Gasteiger partial charge in [-0.25, -0.2) is 9.78 Å². The number of nitrogens with zero attached hydrogens (tertiary/aromatic N) is 2. The maximum Gasteiger partial charge on any atom is 0.338 e. The molecular weight excluding hydrogens is 280 g/mol. The summed E-state index contributed by atoms with van der Waals surface area (Å²) in [4.78, 5) is 26.1. The highest BCUT2D eigenvalue weighted by Crippen LogP contribution is 2.32. The van der Waals surface area contributed by atoms with Crippen LogP contribution in [-0.4, -0.2) is 21.0 Å². The molecule has 0 amide bonds. The van der Waals surface area contributed by atoms with Crippen LogP contribution < -0.4 is 0 Å². The summed E-state index contributed by atoms with van der Waals surface area (Å²) in [5.74, 6) is -1.06. The second-order valence-electron chi connectivity index (χ2n) is 3.97. The molecule has 1 aromatic carbocycles. The number of aryl methyl sites for hydroxylation is 1. The standard InChI is InChI=1S/C13H10N2O4S/c1-8-7-9(15(18)19)4-5-11(8)20-12-10(13(16)17)3-2-6-14-12/h2-7H,1H3,(H,16,17). The second kappa shape index (κ2) is 5.70. The largest absolute Gasteiger partial charge is 0.478 e. The third kappa shape index (κ3) is 2.94. The monoisotopic (exact) mass is 290 g/mol. The molecule has 6 nitrogen and oxygen atoms in total. The molecule has 0 aliphatic rings. The van der Waals surface area contributed by atoms with E-state index in [1.54, 1.807) is 19.1 Å². The smallest absolute Gasteiger partial charge is 0.338 e. The van der Waals surface area contributed by atoms with Gasteiger partial charge >= 0.3 is 5.97 Å². The Kier molecular flexibility index (Phi) is 3.99. The molecule has 20 heavy (non-hydrogen) atoms. The molecule has 1 N–H and O–H groups in total. The van der Waals surface area contributed by atoms with Crippen LogP contribution in [0.3, 0.4) is 0 Å². The van der Waals surface area contributed by atoms with Gasteiger partial charge in [-0.05, 0) is 30.7 Å². The van der Waals surface area contributed by atoms with E-state index in [9.17, 15) is 14.9 Å². The molecular formula is C13H10N2O4S. The number of carboxylic acid groups (broad SMARTS) is 1. The minimum absolute atomic E-state index is 0.00586. The van der Waals surface area contributed by atoms with Gasteiger partial charge in [0.05, 0.1) is 10.5 Å². The van der Waals surface area contributed by atoms with Crippen molar-refractivity contribution in [3.8, 4) is 0 Å². The third-order valence-electron chi connectivity index (χ3n) is 2.58. The predicted molar refractivity (Wildman–Crippen MR) is 73.2 cm³/mol. The Morgan fingerprint density at radius 2 is 2.15 bits per heavy atom. The highest BCUT2D eigenvalue weighted by molar-refractivity contribution is 7.99. The first kappa shape index (κ1) is 14.0. The molecule has 0 spiro atoms. The fourth-order valence-electron chi connectivity index (χ4n) is 1.60. The number of benzene rings is 1. The van der Waals surface area contributed by atoms with E-state index in [0.717, 1.165) is 4.90 Å². The Bertz CT molecular complexity index is 688. The maximum atomic E-state index is 11.1. The number of pyridine rings is 1. The van der Waals surface area contributed by atoms with E-state index in [1.807, 2.05) is 0 Å². The highest BCUT2D eigenvalue weighted by atomic mass is 32.2. The van der Waals surface area contributed by atoms with Gasteiger partial charge in [-0.3, -0.25) is 10.1 Å². The minimum Gasteiger partial charge on any atom is -0.478 e. The summed E-state index contributed by atoms with van der Waals surface area (Å²) in [7, 11) is 0. The Balaban J connectivity index is 2.36. The molecule has 0 aliphatic heterocycles. The first-order chi connectivity index (χ1) is 9.49. The minimum atomic E-state index is -1.06. The summed E-state index contributed by atoms with van der Waals surface area (Å²) in [5, 5.41) is 20.1. The number of carbonyl (C=O) groups is 1. The molecule has 1 aromatic heterocycles. The van der Waals surface area contributed by atoms with Crippen molar-refractivity contribution in [3.63, 3.8) is 0 Å². The number of non-ortho nitro benzene ring substituents is 1. The van der Waals surface area contributed by atoms with E-state index in [2.05, 4.69) is 4.98 Å². The summed E-state index contributed by atoms with van der Waals surface area (Å²) in [6.07, 6.45) is 1.51. The fourth-order valence-corrected chi connectivity index (χ4v) is 2.54. The number of carboxylic acids is 1. The van der Waals surface area contributed by atoms with Crippen LogP contribution in [-0.2, 0) is 0 Å². The molecule has 7 heteroatoms. The van der Waals surface area contributed by atoms with Gasteiger partial charge in [0.1, 0.15) is 5.03 Å². The molecule has 1 heterocycles. The highest BCUT2D eigenvalue weighted by Gasteiger charge is 2.14. The number of nitro groups is 1. The van der Waals surface area contributed by atoms with Gasteiger partial charge < -0.3 is 5.11 Å². The first-order valence-electron chi connectivity index (χ1n) is 5.60.